The SMILES string of the molecule is Fc1cc(F)c(F)nn1. The smallest absolute Gasteiger partial charge is 0.202 e. The normalized spacial score (nSPS) is 9.67. The maximum atomic E-state index is 11.9. The van der Waals surface area contributed by atoms with Gasteiger partial charge in [0, 0.05) is 6.07 Å². The molecule has 9 heavy (non-hydrogen) atoms. The van der Waals surface area contributed by atoms with E-state index in [2.05, 4.69) is 10.2 Å². The summed E-state index contributed by atoms with van der Waals surface area (Å²) in [5, 5.41) is 5.12. The Hall–Kier alpha value is -1.13. The Morgan fingerprint density at radius 1 is 1.11 bits per heavy atom. The minimum atomic E-state index is -1.39. The number of nitrogens with zero attached hydrogens (tertiary/aromatic N) is 2. The molecule has 0 N–H and O–H groups in total. The number of halogens is 3. The van der Waals surface area contributed by atoms with E-state index in [4.69, 9.17) is 0 Å². The second kappa shape index (κ2) is 2.00. The van der Waals surface area contributed by atoms with Gasteiger partial charge in [-0.05, 0) is 0 Å². The Kier molecular flexibility index (Phi) is 1.33. The zero-order valence-electron chi connectivity index (χ0n) is 4.11. The number of rotatable bonds is 0. The summed E-state index contributed by atoms with van der Waals surface area (Å²) in [7, 11) is 0. The Morgan fingerprint density at radius 3 is 2.22 bits per heavy atom. The van der Waals surface area contributed by atoms with E-state index in [1.54, 1.807) is 0 Å². The van der Waals surface area contributed by atoms with Gasteiger partial charge >= 0.3 is 0 Å². The molecule has 1 aromatic rings. The van der Waals surface area contributed by atoms with E-state index in [1.165, 1.54) is 0 Å². The number of hydrogen-bond donors (Lipinski definition) is 0. The summed E-state index contributed by atoms with van der Waals surface area (Å²) in [5.74, 6) is -3.85. The van der Waals surface area contributed by atoms with Gasteiger partial charge in [-0.2, -0.15) is 8.78 Å². The van der Waals surface area contributed by atoms with E-state index in [0.717, 1.165) is 0 Å². The molecular formula is C4HF3N2. The molecule has 2 nitrogen and oxygen atoms in total. The lowest BCUT2D eigenvalue weighted by Crippen LogP contribution is -1.95. The molecule has 0 aromatic carbocycles. The molecule has 0 bridgehead atoms. The highest BCUT2D eigenvalue weighted by molar-refractivity contribution is 4.91. The van der Waals surface area contributed by atoms with Crippen LogP contribution < -0.4 is 0 Å². The Bertz CT molecular complexity index is 225. The molecule has 0 aliphatic rings. The fraction of sp³-hybridized carbons (Fsp3) is 0. The predicted molar refractivity (Wildman–Crippen MR) is 21.9 cm³/mol. The third kappa shape index (κ3) is 1.16. The standard InChI is InChI=1S/C4HF3N2/c5-2-1-3(6)8-9-4(2)7/h1H. The van der Waals surface area contributed by atoms with Gasteiger partial charge in [-0.25, -0.2) is 4.39 Å². The molecule has 48 valence electrons. The van der Waals surface area contributed by atoms with Crippen LogP contribution in [0.4, 0.5) is 13.2 Å². The van der Waals surface area contributed by atoms with Crippen molar-refractivity contribution in [2.24, 2.45) is 0 Å². The highest BCUT2D eigenvalue weighted by Gasteiger charge is 2.03. The molecule has 0 unspecified atom stereocenters. The molecule has 0 amide bonds. The van der Waals surface area contributed by atoms with Crippen molar-refractivity contribution in [3.05, 3.63) is 23.8 Å². The quantitative estimate of drug-likeness (QED) is 0.526. The van der Waals surface area contributed by atoms with Gasteiger partial charge in [0.25, 0.3) is 5.95 Å². The molecule has 1 rings (SSSR count). The van der Waals surface area contributed by atoms with Crippen molar-refractivity contribution in [3.8, 4) is 0 Å². The molecule has 0 atom stereocenters. The highest BCUT2D eigenvalue weighted by Crippen LogP contribution is 1.99. The number of aromatic nitrogens is 2. The third-order valence-corrected chi connectivity index (χ3v) is 0.676. The van der Waals surface area contributed by atoms with Crippen molar-refractivity contribution >= 4 is 0 Å². The second-order valence-corrected chi connectivity index (χ2v) is 1.31. The van der Waals surface area contributed by atoms with Gasteiger partial charge in [0.1, 0.15) is 0 Å². The molecule has 5 heteroatoms. The van der Waals surface area contributed by atoms with E-state index >= 15 is 0 Å². The van der Waals surface area contributed by atoms with Crippen LogP contribution in [0.15, 0.2) is 6.07 Å². The van der Waals surface area contributed by atoms with Gasteiger partial charge in [0.05, 0.1) is 0 Å². The molecule has 1 heterocycles. The molecule has 0 radical (unpaired) electrons. The monoisotopic (exact) mass is 134 g/mol. The Morgan fingerprint density at radius 2 is 1.78 bits per heavy atom. The van der Waals surface area contributed by atoms with Crippen LogP contribution >= 0.6 is 0 Å². The van der Waals surface area contributed by atoms with Gasteiger partial charge in [0.2, 0.25) is 5.95 Å². The average Bonchev–Trinajstić information content (AvgIpc) is 1.80. The van der Waals surface area contributed by atoms with Crippen LogP contribution in [0.25, 0.3) is 0 Å². The largest absolute Gasteiger partial charge is 0.268 e. The van der Waals surface area contributed by atoms with Crippen LogP contribution in [0.3, 0.4) is 0 Å². The van der Waals surface area contributed by atoms with Crippen molar-refractivity contribution in [1.82, 2.24) is 10.2 Å². The molecule has 0 saturated heterocycles. The maximum absolute atomic E-state index is 11.9. The van der Waals surface area contributed by atoms with Gasteiger partial charge in [0.15, 0.2) is 5.82 Å². The van der Waals surface area contributed by atoms with Crippen LogP contribution in [-0.4, -0.2) is 10.2 Å². The average molecular weight is 134 g/mol. The zero-order chi connectivity index (χ0) is 6.85. The maximum Gasteiger partial charge on any atom is 0.268 e. The second-order valence-electron chi connectivity index (χ2n) is 1.31. The molecule has 0 saturated carbocycles. The van der Waals surface area contributed by atoms with E-state index in [0.29, 0.717) is 6.07 Å². The first kappa shape index (κ1) is 6.00. The fourth-order valence-corrected chi connectivity index (χ4v) is 0.332. The van der Waals surface area contributed by atoms with Gasteiger partial charge < -0.3 is 0 Å². The lowest BCUT2D eigenvalue weighted by Gasteiger charge is -1.86. The van der Waals surface area contributed by atoms with Crippen molar-refractivity contribution in [1.29, 1.82) is 0 Å². The molecule has 1 aromatic heterocycles. The first-order valence-electron chi connectivity index (χ1n) is 2.04. The van der Waals surface area contributed by atoms with E-state index in [-0.39, 0.29) is 0 Å². The van der Waals surface area contributed by atoms with Gasteiger partial charge in [-0.3, -0.25) is 0 Å². The van der Waals surface area contributed by atoms with Crippen LogP contribution in [0.1, 0.15) is 0 Å². The minimum absolute atomic E-state index is 0.322. The molecular weight excluding hydrogens is 133 g/mol. The summed E-state index contributed by atoms with van der Waals surface area (Å²) < 4.78 is 35.4. The van der Waals surface area contributed by atoms with Crippen LogP contribution in [0, 0.1) is 17.7 Å². The van der Waals surface area contributed by atoms with Gasteiger partial charge in [-0.15, -0.1) is 10.2 Å². The lowest BCUT2D eigenvalue weighted by atomic mass is 10.5. The fourth-order valence-electron chi connectivity index (χ4n) is 0.332. The highest BCUT2D eigenvalue weighted by atomic mass is 19.2. The summed E-state index contributed by atoms with van der Waals surface area (Å²) in [5.41, 5.74) is 0. The summed E-state index contributed by atoms with van der Waals surface area (Å²) in [6, 6.07) is 0.322. The first-order chi connectivity index (χ1) is 4.20. The van der Waals surface area contributed by atoms with Crippen LogP contribution in [0.2, 0.25) is 0 Å². The van der Waals surface area contributed by atoms with E-state index < -0.39 is 17.7 Å². The van der Waals surface area contributed by atoms with Crippen molar-refractivity contribution in [2.75, 3.05) is 0 Å². The first-order valence-corrected chi connectivity index (χ1v) is 2.04. The van der Waals surface area contributed by atoms with Crippen molar-refractivity contribution in [3.63, 3.8) is 0 Å². The van der Waals surface area contributed by atoms with E-state index in [9.17, 15) is 13.2 Å². The third-order valence-electron chi connectivity index (χ3n) is 0.676. The topological polar surface area (TPSA) is 25.8 Å². The lowest BCUT2D eigenvalue weighted by molar-refractivity contribution is 0.435. The summed E-state index contributed by atoms with van der Waals surface area (Å²) >= 11 is 0. The molecule has 0 fully saturated rings. The zero-order valence-corrected chi connectivity index (χ0v) is 4.11. The molecule has 0 spiro atoms. The van der Waals surface area contributed by atoms with Crippen LogP contribution in [0.5, 0.6) is 0 Å². The minimum Gasteiger partial charge on any atom is -0.202 e. The number of hydrogen-bond acceptors (Lipinski definition) is 2. The summed E-state index contributed by atoms with van der Waals surface area (Å²) in [6.45, 7) is 0. The summed E-state index contributed by atoms with van der Waals surface area (Å²) in [4.78, 5) is 0. The Balaban J connectivity index is 3.17. The Labute approximate surface area is 48.3 Å². The van der Waals surface area contributed by atoms with Crippen molar-refractivity contribution < 1.29 is 13.2 Å². The summed E-state index contributed by atoms with van der Waals surface area (Å²) in [6.07, 6.45) is 0. The van der Waals surface area contributed by atoms with Crippen molar-refractivity contribution in [2.45, 2.75) is 0 Å². The molecule has 0 aliphatic carbocycles. The molecule has 0 aliphatic heterocycles. The predicted octanol–water partition coefficient (Wildman–Crippen LogP) is 0.894. The van der Waals surface area contributed by atoms with E-state index in [1.807, 2.05) is 0 Å². The van der Waals surface area contributed by atoms with Gasteiger partial charge in [-0.1, -0.05) is 0 Å². The van der Waals surface area contributed by atoms with Crippen LogP contribution in [-0.2, 0) is 0 Å².